The number of aromatic nitrogens is 1. The summed E-state index contributed by atoms with van der Waals surface area (Å²) in [6.45, 7) is 0. The van der Waals surface area contributed by atoms with Gasteiger partial charge in [-0.1, -0.05) is 24.3 Å². The van der Waals surface area contributed by atoms with Crippen LogP contribution in [0.2, 0.25) is 0 Å². The topological polar surface area (TPSA) is 82.0 Å². The number of ketones is 1. The van der Waals surface area contributed by atoms with Gasteiger partial charge in [-0.2, -0.15) is 0 Å². The van der Waals surface area contributed by atoms with Gasteiger partial charge in [-0.05, 0) is 29.7 Å². The van der Waals surface area contributed by atoms with Crippen LogP contribution in [0.5, 0.6) is 0 Å². The van der Waals surface area contributed by atoms with Crippen LogP contribution in [0.4, 0.5) is 11.5 Å². The highest BCUT2D eigenvalue weighted by molar-refractivity contribution is 6.18. The molecule has 0 aliphatic carbocycles. The quantitative estimate of drug-likeness (QED) is 0.550. The molecule has 3 rings (SSSR count). The largest absolute Gasteiger partial charge is 0.398 e. The van der Waals surface area contributed by atoms with E-state index in [2.05, 4.69) is 4.98 Å². The normalized spacial score (nSPS) is 10.6. The van der Waals surface area contributed by atoms with Crippen molar-refractivity contribution in [1.29, 1.82) is 0 Å². The first-order valence-corrected chi connectivity index (χ1v) is 6.20. The van der Waals surface area contributed by atoms with Crippen LogP contribution in [0.25, 0.3) is 10.8 Å². The smallest absolute Gasteiger partial charge is 0.193 e. The lowest BCUT2D eigenvalue weighted by molar-refractivity contribution is 0.104. The lowest BCUT2D eigenvalue weighted by Crippen LogP contribution is -2.04. The van der Waals surface area contributed by atoms with E-state index < -0.39 is 0 Å². The molecule has 4 N–H and O–H groups in total. The summed E-state index contributed by atoms with van der Waals surface area (Å²) in [5.41, 5.74) is 13.4. The Bertz CT molecular complexity index is 812. The van der Waals surface area contributed by atoms with Crippen molar-refractivity contribution in [2.75, 3.05) is 11.5 Å². The van der Waals surface area contributed by atoms with Gasteiger partial charge in [-0.25, -0.2) is 4.98 Å². The van der Waals surface area contributed by atoms with Crippen LogP contribution in [-0.4, -0.2) is 10.8 Å². The minimum atomic E-state index is -0.0877. The summed E-state index contributed by atoms with van der Waals surface area (Å²) in [7, 11) is 0. The number of rotatable bonds is 2. The molecule has 4 heteroatoms. The summed E-state index contributed by atoms with van der Waals surface area (Å²) < 4.78 is 0. The van der Waals surface area contributed by atoms with Crippen molar-refractivity contribution >= 4 is 28.1 Å². The molecule has 0 saturated carbocycles. The van der Waals surface area contributed by atoms with Crippen LogP contribution >= 0.6 is 0 Å². The van der Waals surface area contributed by atoms with E-state index in [1.165, 1.54) is 6.20 Å². The number of hydrogen-bond acceptors (Lipinski definition) is 4. The Balaban J connectivity index is 2.20. The molecule has 0 atom stereocenters. The highest BCUT2D eigenvalue weighted by atomic mass is 16.1. The van der Waals surface area contributed by atoms with E-state index in [4.69, 9.17) is 11.5 Å². The average molecular weight is 263 g/mol. The Morgan fingerprint density at radius 3 is 2.45 bits per heavy atom. The van der Waals surface area contributed by atoms with Crippen LogP contribution in [0.3, 0.4) is 0 Å². The molecule has 1 aromatic heterocycles. The first-order chi connectivity index (χ1) is 9.66. The summed E-state index contributed by atoms with van der Waals surface area (Å²) in [6, 6.07) is 14.3. The number of nitrogens with two attached hydrogens (primary N) is 2. The molecule has 0 fully saturated rings. The molecule has 0 aliphatic heterocycles. The van der Waals surface area contributed by atoms with Gasteiger partial charge in [0.25, 0.3) is 0 Å². The standard InChI is InChI=1S/C16H13N3O/c17-14-6-5-13(11-3-1-2-4-12(11)14)16(20)10-7-8-19-15(18)9-10/h1-9H,17H2,(H2,18,19). The fraction of sp³-hybridized carbons (Fsp3) is 0. The predicted molar refractivity (Wildman–Crippen MR) is 80.4 cm³/mol. The molecule has 0 spiro atoms. The van der Waals surface area contributed by atoms with Crippen molar-refractivity contribution in [2.45, 2.75) is 0 Å². The van der Waals surface area contributed by atoms with Crippen LogP contribution in [-0.2, 0) is 0 Å². The minimum Gasteiger partial charge on any atom is -0.398 e. The highest BCUT2D eigenvalue weighted by Crippen LogP contribution is 2.26. The van der Waals surface area contributed by atoms with Gasteiger partial charge in [0, 0.05) is 28.4 Å². The van der Waals surface area contributed by atoms with Crippen molar-refractivity contribution in [2.24, 2.45) is 0 Å². The third kappa shape index (κ3) is 1.97. The van der Waals surface area contributed by atoms with Gasteiger partial charge in [0.05, 0.1) is 0 Å². The number of carbonyl (C=O) groups is 1. The van der Waals surface area contributed by atoms with Gasteiger partial charge < -0.3 is 11.5 Å². The number of fused-ring (bicyclic) bond motifs is 1. The summed E-state index contributed by atoms with van der Waals surface area (Å²) in [4.78, 5) is 16.5. The zero-order chi connectivity index (χ0) is 14.1. The van der Waals surface area contributed by atoms with Gasteiger partial charge in [0.2, 0.25) is 0 Å². The average Bonchev–Trinajstić information content (AvgIpc) is 2.47. The van der Waals surface area contributed by atoms with Crippen molar-refractivity contribution in [3.8, 4) is 0 Å². The molecule has 0 unspecified atom stereocenters. The van der Waals surface area contributed by atoms with Crippen molar-refractivity contribution in [3.63, 3.8) is 0 Å². The first kappa shape index (κ1) is 12.2. The molecule has 20 heavy (non-hydrogen) atoms. The Morgan fingerprint density at radius 2 is 1.70 bits per heavy atom. The molecular weight excluding hydrogens is 250 g/mol. The maximum Gasteiger partial charge on any atom is 0.193 e. The number of hydrogen-bond donors (Lipinski definition) is 2. The lowest BCUT2D eigenvalue weighted by atomic mass is 9.97. The Morgan fingerprint density at radius 1 is 0.950 bits per heavy atom. The molecule has 98 valence electrons. The van der Waals surface area contributed by atoms with Gasteiger partial charge in [0.1, 0.15) is 5.82 Å². The molecule has 0 saturated heterocycles. The maximum absolute atomic E-state index is 12.6. The fourth-order valence-corrected chi connectivity index (χ4v) is 2.27. The Labute approximate surface area is 116 Å². The van der Waals surface area contributed by atoms with Crippen LogP contribution in [0.1, 0.15) is 15.9 Å². The van der Waals surface area contributed by atoms with E-state index >= 15 is 0 Å². The van der Waals surface area contributed by atoms with E-state index in [-0.39, 0.29) is 5.78 Å². The molecule has 1 heterocycles. The van der Waals surface area contributed by atoms with E-state index in [9.17, 15) is 4.79 Å². The monoisotopic (exact) mass is 263 g/mol. The fourth-order valence-electron chi connectivity index (χ4n) is 2.27. The summed E-state index contributed by atoms with van der Waals surface area (Å²) >= 11 is 0. The van der Waals surface area contributed by atoms with Crippen LogP contribution in [0.15, 0.2) is 54.7 Å². The molecule has 0 aliphatic rings. The zero-order valence-electron chi connectivity index (χ0n) is 10.7. The second-order valence-corrected chi connectivity index (χ2v) is 4.55. The highest BCUT2D eigenvalue weighted by Gasteiger charge is 2.13. The summed E-state index contributed by atoms with van der Waals surface area (Å²) in [5.74, 6) is 0.242. The van der Waals surface area contributed by atoms with Crippen molar-refractivity contribution < 1.29 is 4.79 Å². The molecule has 2 aromatic carbocycles. The Hall–Kier alpha value is -2.88. The predicted octanol–water partition coefficient (Wildman–Crippen LogP) is 2.63. The number of nitrogen functional groups attached to an aromatic ring is 2. The maximum atomic E-state index is 12.6. The van der Waals surface area contributed by atoms with Gasteiger partial charge in [0.15, 0.2) is 5.78 Å². The summed E-state index contributed by atoms with van der Waals surface area (Å²) in [5, 5.41) is 1.72. The first-order valence-electron chi connectivity index (χ1n) is 6.20. The second-order valence-electron chi connectivity index (χ2n) is 4.55. The SMILES string of the molecule is Nc1cc(C(=O)c2ccc(N)c3ccccc23)ccn1. The van der Waals surface area contributed by atoms with Crippen LogP contribution in [0, 0.1) is 0 Å². The summed E-state index contributed by atoms with van der Waals surface area (Å²) in [6.07, 6.45) is 1.53. The molecule has 3 aromatic rings. The van der Waals surface area contributed by atoms with Gasteiger partial charge in [-0.3, -0.25) is 4.79 Å². The third-order valence-corrected chi connectivity index (χ3v) is 3.25. The van der Waals surface area contributed by atoms with Crippen molar-refractivity contribution in [1.82, 2.24) is 4.98 Å². The number of pyridine rings is 1. The molecule has 0 amide bonds. The zero-order valence-corrected chi connectivity index (χ0v) is 10.7. The number of nitrogens with zero attached hydrogens (tertiary/aromatic N) is 1. The molecule has 0 radical (unpaired) electrons. The molecular formula is C16H13N3O. The molecule has 0 bridgehead atoms. The molecule has 4 nitrogen and oxygen atoms in total. The lowest BCUT2D eigenvalue weighted by Gasteiger charge is -2.08. The minimum absolute atomic E-state index is 0.0877. The van der Waals surface area contributed by atoms with Crippen LogP contribution < -0.4 is 11.5 Å². The van der Waals surface area contributed by atoms with Gasteiger partial charge >= 0.3 is 0 Å². The van der Waals surface area contributed by atoms with Gasteiger partial charge in [-0.15, -0.1) is 0 Å². The van der Waals surface area contributed by atoms with E-state index in [1.54, 1.807) is 24.3 Å². The van der Waals surface area contributed by atoms with E-state index in [0.717, 1.165) is 10.8 Å². The van der Waals surface area contributed by atoms with Crippen molar-refractivity contribution in [3.05, 3.63) is 65.9 Å². The number of carbonyl (C=O) groups excluding carboxylic acids is 1. The van der Waals surface area contributed by atoms with E-state index in [0.29, 0.717) is 22.6 Å². The number of benzene rings is 2. The number of anilines is 2. The second kappa shape index (κ2) is 4.66. The Kier molecular flexibility index (Phi) is 2.84. The van der Waals surface area contributed by atoms with E-state index in [1.807, 2.05) is 24.3 Å². The third-order valence-electron chi connectivity index (χ3n) is 3.25.